The molecule has 116 valence electrons. The summed E-state index contributed by atoms with van der Waals surface area (Å²) >= 11 is 0. The highest BCUT2D eigenvalue weighted by molar-refractivity contribution is 5.84. The molecule has 1 amide bonds. The van der Waals surface area contributed by atoms with Crippen LogP contribution in [0.15, 0.2) is 54.6 Å². The zero-order chi connectivity index (χ0) is 15.9. The molecule has 0 saturated carbocycles. The average Bonchev–Trinajstić information content (AvgIpc) is 2.54. The Morgan fingerprint density at radius 2 is 1.82 bits per heavy atom. The van der Waals surface area contributed by atoms with E-state index in [1.165, 1.54) is 12.1 Å². The highest BCUT2D eigenvalue weighted by Gasteiger charge is 2.22. The summed E-state index contributed by atoms with van der Waals surface area (Å²) in [5.41, 5.74) is 1.48. The van der Waals surface area contributed by atoms with E-state index in [0.717, 1.165) is 5.56 Å². The first-order chi connectivity index (χ1) is 10.7. The molecule has 0 unspecified atom stereocenters. The first kappa shape index (κ1) is 16.2. The lowest BCUT2D eigenvalue weighted by atomic mass is 9.95. The second-order valence-corrected chi connectivity index (χ2v) is 5.17. The summed E-state index contributed by atoms with van der Waals surface area (Å²) in [7, 11) is 0. The van der Waals surface area contributed by atoms with Gasteiger partial charge in [-0.15, -0.1) is 0 Å². The lowest BCUT2D eigenvalue weighted by Gasteiger charge is -2.21. The van der Waals surface area contributed by atoms with Gasteiger partial charge in [0.2, 0.25) is 5.91 Å². The maximum Gasteiger partial charge on any atom is 0.228 e. The number of aliphatic hydroxyl groups excluding tert-OH is 1. The molecule has 0 bridgehead atoms. The van der Waals surface area contributed by atoms with Crippen molar-refractivity contribution in [3.8, 4) is 0 Å². The van der Waals surface area contributed by atoms with E-state index in [9.17, 15) is 14.3 Å². The Kier molecular flexibility index (Phi) is 5.67. The SMILES string of the molecule is CC[C@H](C(=O)N[C@@H](CO)c1cccc(F)c1)c1ccccc1. The third kappa shape index (κ3) is 3.92. The minimum atomic E-state index is -0.610. The highest BCUT2D eigenvalue weighted by atomic mass is 19.1. The molecule has 0 radical (unpaired) electrons. The van der Waals surface area contributed by atoms with Gasteiger partial charge in [0.25, 0.3) is 0 Å². The van der Waals surface area contributed by atoms with Crippen LogP contribution in [0.3, 0.4) is 0 Å². The standard InChI is InChI=1S/C18H20FNO2/c1-2-16(13-7-4-3-5-8-13)18(22)20-17(12-21)14-9-6-10-15(19)11-14/h3-11,16-17,21H,2,12H2,1H3,(H,20,22)/t16-,17-/m0/s1. The van der Waals surface area contributed by atoms with Crippen molar-refractivity contribution in [1.82, 2.24) is 5.32 Å². The van der Waals surface area contributed by atoms with Crippen LogP contribution in [-0.4, -0.2) is 17.6 Å². The molecule has 0 aliphatic heterocycles. The molecule has 0 heterocycles. The first-order valence-corrected chi connectivity index (χ1v) is 7.37. The molecule has 0 saturated heterocycles. The molecule has 0 aliphatic rings. The fourth-order valence-electron chi connectivity index (χ4n) is 2.49. The van der Waals surface area contributed by atoms with Crippen LogP contribution in [0.5, 0.6) is 0 Å². The quantitative estimate of drug-likeness (QED) is 0.861. The summed E-state index contributed by atoms with van der Waals surface area (Å²) in [5, 5.41) is 12.3. The number of aliphatic hydroxyl groups is 1. The Hall–Kier alpha value is -2.20. The molecular formula is C18H20FNO2. The second kappa shape index (κ2) is 7.71. The summed E-state index contributed by atoms with van der Waals surface area (Å²) in [5.74, 6) is -0.846. The van der Waals surface area contributed by atoms with Crippen molar-refractivity contribution in [2.24, 2.45) is 0 Å². The minimum absolute atomic E-state index is 0.169. The third-order valence-electron chi connectivity index (χ3n) is 3.68. The number of hydrogen-bond donors (Lipinski definition) is 2. The molecule has 2 aromatic carbocycles. The van der Waals surface area contributed by atoms with Gasteiger partial charge in [0, 0.05) is 0 Å². The molecule has 2 rings (SSSR count). The van der Waals surface area contributed by atoms with E-state index in [-0.39, 0.29) is 24.2 Å². The summed E-state index contributed by atoms with van der Waals surface area (Å²) in [6, 6.07) is 14.8. The molecule has 2 N–H and O–H groups in total. The van der Waals surface area contributed by atoms with Crippen molar-refractivity contribution in [1.29, 1.82) is 0 Å². The van der Waals surface area contributed by atoms with E-state index in [4.69, 9.17) is 0 Å². The first-order valence-electron chi connectivity index (χ1n) is 7.37. The smallest absolute Gasteiger partial charge is 0.228 e. The van der Waals surface area contributed by atoms with Crippen molar-refractivity contribution >= 4 is 5.91 Å². The van der Waals surface area contributed by atoms with Crippen LogP contribution < -0.4 is 5.32 Å². The van der Waals surface area contributed by atoms with Gasteiger partial charge in [0.1, 0.15) is 5.82 Å². The fourth-order valence-corrected chi connectivity index (χ4v) is 2.49. The molecule has 2 atom stereocenters. The van der Waals surface area contributed by atoms with Crippen LogP contribution in [0.25, 0.3) is 0 Å². The molecule has 2 aromatic rings. The van der Waals surface area contributed by atoms with Crippen molar-refractivity contribution in [2.75, 3.05) is 6.61 Å². The molecule has 4 heteroatoms. The second-order valence-electron chi connectivity index (χ2n) is 5.17. The zero-order valence-electron chi connectivity index (χ0n) is 12.5. The van der Waals surface area contributed by atoms with Gasteiger partial charge in [-0.1, -0.05) is 49.4 Å². The van der Waals surface area contributed by atoms with Gasteiger partial charge >= 0.3 is 0 Å². The normalized spacial score (nSPS) is 13.4. The number of nitrogens with one attached hydrogen (secondary N) is 1. The molecule has 0 fully saturated rings. The number of hydrogen-bond acceptors (Lipinski definition) is 2. The van der Waals surface area contributed by atoms with Crippen molar-refractivity contribution in [2.45, 2.75) is 25.3 Å². The molecule has 0 spiro atoms. The monoisotopic (exact) mass is 301 g/mol. The van der Waals surface area contributed by atoms with Crippen molar-refractivity contribution in [3.63, 3.8) is 0 Å². The van der Waals surface area contributed by atoms with Gasteiger partial charge in [0.15, 0.2) is 0 Å². The Morgan fingerprint density at radius 1 is 1.14 bits per heavy atom. The number of carbonyl (C=O) groups excluding carboxylic acids is 1. The summed E-state index contributed by atoms with van der Waals surface area (Å²) < 4.78 is 13.3. The van der Waals surface area contributed by atoms with Crippen LogP contribution in [0.4, 0.5) is 4.39 Å². The van der Waals surface area contributed by atoms with Gasteiger partial charge in [-0.05, 0) is 29.7 Å². The molecule has 0 aliphatic carbocycles. The van der Waals surface area contributed by atoms with Crippen LogP contribution in [-0.2, 0) is 4.79 Å². The topological polar surface area (TPSA) is 49.3 Å². The van der Waals surface area contributed by atoms with Gasteiger partial charge in [-0.2, -0.15) is 0 Å². The van der Waals surface area contributed by atoms with Crippen LogP contribution in [0, 0.1) is 5.82 Å². The Labute approximate surface area is 129 Å². The Balaban J connectivity index is 2.14. The zero-order valence-corrected chi connectivity index (χ0v) is 12.5. The maximum absolute atomic E-state index is 13.3. The number of benzene rings is 2. The van der Waals surface area contributed by atoms with E-state index in [1.807, 2.05) is 37.3 Å². The van der Waals surface area contributed by atoms with Gasteiger partial charge in [-0.25, -0.2) is 4.39 Å². The maximum atomic E-state index is 13.3. The average molecular weight is 301 g/mol. The number of rotatable bonds is 6. The van der Waals surface area contributed by atoms with E-state index in [2.05, 4.69) is 5.32 Å². The lowest BCUT2D eigenvalue weighted by molar-refractivity contribution is -0.123. The predicted octanol–water partition coefficient (Wildman–Crippen LogP) is 3.17. The largest absolute Gasteiger partial charge is 0.394 e. The highest BCUT2D eigenvalue weighted by Crippen LogP contribution is 2.21. The number of amides is 1. The number of halogens is 1. The predicted molar refractivity (Wildman–Crippen MR) is 83.8 cm³/mol. The molecule has 3 nitrogen and oxygen atoms in total. The van der Waals surface area contributed by atoms with Gasteiger partial charge in [0.05, 0.1) is 18.6 Å². The minimum Gasteiger partial charge on any atom is -0.394 e. The van der Waals surface area contributed by atoms with Crippen LogP contribution in [0.1, 0.15) is 36.4 Å². The van der Waals surface area contributed by atoms with Crippen molar-refractivity contribution < 1.29 is 14.3 Å². The molecule has 22 heavy (non-hydrogen) atoms. The van der Waals surface area contributed by atoms with E-state index in [1.54, 1.807) is 12.1 Å². The van der Waals surface area contributed by atoms with E-state index >= 15 is 0 Å². The van der Waals surface area contributed by atoms with Crippen molar-refractivity contribution in [3.05, 3.63) is 71.5 Å². The van der Waals surface area contributed by atoms with Crippen LogP contribution in [0.2, 0.25) is 0 Å². The Morgan fingerprint density at radius 3 is 2.41 bits per heavy atom. The number of carbonyl (C=O) groups is 1. The lowest BCUT2D eigenvalue weighted by Crippen LogP contribution is -2.34. The summed E-state index contributed by atoms with van der Waals surface area (Å²) in [4.78, 5) is 12.5. The van der Waals surface area contributed by atoms with Gasteiger partial charge in [-0.3, -0.25) is 4.79 Å². The summed E-state index contributed by atoms with van der Waals surface area (Å²) in [6.45, 7) is 1.66. The molecular weight excluding hydrogens is 281 g/mol. The van der Waals surface area contributed by atoms with E-state index < -0.39 is 6.04 Å². The third-order valence-corrected chi connectivity index (χ3v) is 3.68. The summed E-state index contributed by atoms with van der Waals surface area (Å²) in [6.07, 6.45) is 0.650. The van der Waals surface area contributed by atoms with E-state index in [0.29, 0.717) is 12.0 Å². The van der Waals surface area contributed by atoms with Crippen LogP contribution >= 0.6 is 0 Å². The van der Waals surface area contributed by atoms with Gasteiger partial charge < -0.3 is 10.4 Å². The molecule has 0 aromatic heterocycles. The fraction of sp³-hybridized carbons (Fsp3) is 0.278. The Bertz CT molecular complexity index is 615.